The fraction of sp³-hybridized carbons (Fsp3) is 0.571. The Balaban J connectivity index is 3.25. The topological polar surface area (TPSA) is 90.6 Å². The van der Waals surface area contributed by atoms with Crippen LogP contribution in [0.3, 0.4) is 0 Å². The molecule has 0 atom stereocenters. The van der Waals surface area contributed by atoms with Crippen molar-refractivity contribution in [3.05, 3.63) is 10.4 Å². The van der Waals surface area contributed by atoms with E-state index >= 15 is 0 Å². The Morgan fingerprint density at radius 3 is 2.33 bits per heavy atom. The van der Waals surface area contributed by atoms with Crippen LogP contribution < -0.4 is 11.1 Å². The fourth-order valence-electron chi connectivity index (χ4n) is 1.87. The first-order valence-electron chi connectivity index (χ1n) is 6.94. The summed E-state index contributed by atoms with van der Waals surface area (Å²) in [5, 5.41) is 3.81. The average Bonchev–Trinajstić information content (AvgIpc) is 2.80. The van der Waals surface area contributed by atoms with Crippen LogP contribution >= 0.6 is 11.3 Å². The van der Waals surface area contributed by atoms with Gasteiger partial charge < -0.3 is 20.5 Å². The van der Waals surface area contributed by atoms with Gasteiger partial charge in [0.2, 0.25) is 0 Å². The van der Waals surface area contributed by atoms with E-state index in [1.165, 1.54) is 7.11 Å². The lowest BCUT2D eigenvalue weighted by molar-refractivity contribution is 0.0529. The fourth-order valence-corrected chi connectivity index (χ4v) is 2.98. The average molecular weight is 314 g/mol. The maximum Gasteiger partial charge on any atom is 0.350 e. The summed E-state index contributed by atoms with van der Waals surface area (Å²) in [7, 11) is 1.28. The molecule has 1 rings (SSSR count). The van der Waals surface area contributed by atoms with Gasteiger partial charge in [0.05, 0.1) is 19.4 Å². The van der Waals surface area contributed by atoms with Crippen LogP contribution in [0.2, 0.25) is 0 Å². The van der Waals surface area contributed by atoms with Crippen LogP contribution in [0.4, 0.5) is 10.7 Å². The van der Waals surface area contributed by atoms with Gasteiger partial charge in [-0.3, -0.25) is 0 Å². The van der Waals surface area contributed by atoms with Gasteiger partial charge in [0.25, 0.3) is 0 Å². The molecule has 0 aliphatic carbocycles. The van der Waals surface area contributed by atoms with Crippen molar-refractivity contribution in [3.8, 4) is 0 Å². The third-order valence-electron chi connectivity index (χ3n) is 3.12. The van der Waals surface area contributed by atoms with Gasteiger partial charge in [0, 0.05) is 6.04 Å². The Hall–Kier alpha value is -1.76. The summed E-state index contributed by atoms with van der Waals surface area (Å²) in [6.45, 7) is 6.05. The maximum absolute atomic E-state index is 12.1. The van der Waals surface area contributed by atoms with Crippen molar-refractivity contribution in [1.29, 1.82) is 0 Å². The number of thiophene rings is 1. The number of nitrogens with two attached hydrogens (primary N) is 1. The van der Waals surface area contributed by atoms with Crippen LogP contribution in [-0.4, -0.2) is 31.7 Å². The van der Waals surface area contributed by atoms with Gasteiger partial charge >= 0.3 is 11.9 Å². The maximum atomic E-state index is 12.1. The largest absolute Gasteiger partial charge is 0.465 e. The van der Waals surface area contributed by atoms with Crippen LogP contribution in [0.5, 0.6) is 0 Å². The zero-order valence-corrected chi connectivity index (χ0v) is 13.6. The van der Waals surface area contributed by atoms with Crippen LogP contribution in [0, 0.1) is 0 Å². The Kier molecular flexibility index (Phi) is 6.48. The molecule has 0 aliphatic rings. The third-order valence-corrected chi connectivity index (χ3v) is 4.23. The molecular weight excluding hydrogens is 292 g/mol. The first kappa shape index (κ1) is 17.3. The van der Waals surface area contributed by atoms with E-state index in [4.69, 9.17) is 15.2 Å². The molecule has 0 aromatic carbocycles. The Morgan fingerprint density at radius 2 is 1.86 bits per heavy atom. The van der Waals surface area contributed by atoms with Crippen molar-refractivity contribution < 1.29 is 19.1 Å². The van der Waals surface area contributed by atoms with E-state index in [9.17, 15) is 9.59 Å². The van der Waals surface area contributed by atoms with Gasteiger partial charge in [-0.05, 0) is 19.8 Å². The standard InChI is InChI=1S/C14H22N2O4S/c1-5-8(6-2)16-12-9(13(17)20-7-3)10(15)11(21-12)14(18)19-4/h8,16H,5-7,15H2,1-4H3. The van der Waals surface area contributed by atoms with E-state index in [2.05, 4.69) is 5.32 Å². The second kappa shape index (κ2) is 7.87. The van der Waals surface area contributed by atoms with Crippen LogP contribution in [-0.2, 0) is 9.47 Å². The van der Waals surface area contributed by atoms with Crippen LogP contribution in [0.25, 0.3) is 0 Å². The van der Waals surface area contributed by atoms with E-state index in [-0.39, 0.29) is 28.8 Å². The van der Waals surface area contributed by atoms with E-state index in [0.717, 1.165) is 24.2 Å². The molecule has 0 fully saturated rings. The molecule has 118 valence electrons. The highest BCUT2D eigenvalue weighted by Crippen LogP contribution is 2.37. The molecule has 1 heterocycles. The molecule has 6 nitrogen and oxygen atoms in total. The first-order chi connectivity index (χ1) is 9.99. The van der Waals surface area contributed by atoms with Crippen molar-refractivity contribution >= 4 is 34.0 Å². The minimum atomic E-state index is -0.555. The third kappa shape index (κ3) is 3.87. The van der Waals surface area contributed by atoms with E-state index in [1.807, 2.05) is 13.8 Å². The first-order valence-corrected chi connectivity index (χ1v) is 7.75. The number of rotatable bonds is 7. The smallest absolute Gasteiger partial charge is 0.350 e. The Labute approximate surface area is 128 Å². The Morgan fingerprint density at radius 1 is 1.24 bits per heavy atom. The lowest BCUT2D eigenvalue weighted by Crippen LogP contribution is -2.18. The number of methoxy groups -OCH3 is 1. The van der Waals surface area contributed by atoms with Crippen LogP contribution in [0.15, 0.2) is 0 Å². The number of nitrogens with one attached hydrogen (secondary N) is 1. The molecule has 1 aromatic heterocycles. The SMILES string of the molecule is CCOC(=O)c1c(NC(CC)CC)sc(C(=O)OC)c1N. The number of carbonyl (C=O) groups is 2. The van der Waals surface area contributed by atoms with Crippen molar-refractivity contribution in [2.75, 3.05) is 24.8 Å². The van der Waals surface area contributed by atoms with E-state index in [1.54, 1.807) is 6.92 Å². The van der Waals surface area contributed by atoms with Crippen molar-refractivity contribution in [2.24, 2.45) is 0 Å². The number of esters is 2. The van der Waals surface area contributed by atoms with Crippen molar-refractivity contribution in [3.63, 3.8) is 0 Å². The molecule has 0 saturated heterocycles. The quantitative estimate of drug-likeness (QED) is 0.752. The van der Waals surface area contributed by atoms with Gasteiger partial charge in [-0.25, -0.2) is 9.59 Å². The summed E-state index contributed by atoms with van der Waals surface area (Å²) in [5.74, 6) is -1.09. The molecule has 0 saturated carbocycles. The van der Waals surface area contributed by atoms with Gasteiger partial charge in [-0.2, -0.15) is 0 Å². The molecular formula is C14H22N2O4S. The second-order valence-corrected chi connectivity index (χ2v) is 5.44. The normalized spacial score (nSPS) is 10.5. The zero-order valence-electron chi connectivity index (χ0n) is 12.8. The Bertz CT molecular complexity index is 509. The number of nitrogen functional groups attached to an aromatic ring is 1. The molecule has 0 bridgehead atoms. The molecule has 0 radical (unpaired) electrons. The van der Waals surface area contributed by atoms with Crippen molar-refractivity contribution in [1.82, 2.24) is 0 Å². The van der Waals surface area contributed by atoms with Gasteiger partial charge in [-0.15, -0.1) is 11.3 Å². The molecule has 1 aromatic rings. The summed E-state index contributed by atoms with van der Waals surface area (Å²) in [6, 6.07) is 0.196. The monoisotopic (exact) mass is 314 g/mol. The summed E-state index contributed by atoms with van der Waals surface area (Å²) in [5.41, 5.74) is 6.27. The molecule has 0 spiro atoms. The number of anilines is 2. The van der Waals surface area contributed by atoms with Crippen molar-refractivity contribution in [2.45, 2.75) is 39.7 Å². The summed E-state index contributed by atoms with van der Waals surface area (Å²) in [4.78, 5) is 24.0. The number of hydrogen-bond donors (Lipinski definition) is 2. The lowest BCUT2D eigenvalue weighted by Gasteiger charge is -2.15. The highest BCUT2D eigenvalue weighted by Gasteiger charge is 2.27. The minimum Gasteiger partial charge on any atom is -0.465 e. The van der Waals surface area contributed by atoms with Gasteiger partial charge in [-0.1, -0.05) is 13.8 Å². The molecule has 0 amide bonds. The molecule has 3 N–H and O–H groups in total. The highest BCUT2D eigenvalue weighted by atomic mass is 32.1. The lowest BCUT2D eigenvalue weighted by atomic mass is 10.1. The van der Waals surface area contributed by atoms with E-state index in [0.29, 0.717) is 5.00 Å². The van der Waals surface area contributed by atoms with Crippen LogP contribution in [0.1, 0.15) is 53.6 Å². The van der Waals surface area contributed by atoms with Gasteiger partial charge in [0.1, 0.15) is 15.4 Å². The molecule has 0 aliphatic heterocycles. The van der Waals surface area contributed by atoms with Gasteiger partial charge in [0.15, 0.2) is 0 Å². The summed E-state index contributed by atoms with van der Waals surface area (Å²) >= 11 is 1.12. The predicted octanol–water partition coefficient (Wildman–Crippen LogP) is 2.89. The second-order valence-electron chi connectivity index (χ2n) is 4.42. The number of hydrogen-bond acceptors (Lipinski definition) is 7. The molecule has 0 unspecified atom stereocenters. The predicted molar refractivity (Wildman–Crippen MR) is 84.0 cm³/mol. The number of ether oxygens (including phenoxy) is 2. The summed E-state index contributed by atoms with van der Waals surface area (Å²) < 4.78 is 9.71. The number of carbonyl (C=O) groups excluding carboxylic acids is 2. The zero-order chi connectivity index (χ0) is 16.0. The highest BCUT2D eigenvalue weighted by molar-refractivity contribution is 7.19. The molecule has 7 heteroatoms. The molecule has 21 heavy (non-hydrogen) atoms. The minimum absolute atomic E-state index is 0.110. The van der Waals surface area contributed by atoms with E-state index < -0.39 is 11.9 Å². The summed E-state index contributed by atoms with van der Waals surface area (Å²) in [6.07, 6.45) is 1.79.